The number of ether oxygens (including phenoxy) is 1. The first-order valence-corrected chi connectivity index (χ1v) is 10.3. The zero-order chi connectivity index (χ0) is 21.4. The van der Waals surface area contributed by atoms with E-state index in [0.717, 1.165) is 22.4 Å². The number of hydrogen-bond donors (Lipinski definition) is 1. The van der Waals surface area contributed by atoms with Gasteiger partial charge in [-0.2, -0.15) is 0 Å². The van der Waals surface area contributed by atoms with Gasteiger partial charge in [0.2, 0.25) is 0 Å². The lowest BCUT2D eigenvalue weighted by molar-refractivity contribution is 0.102. The summed E-state index contributed by atoms with van der Waals surface area (Å²) in [5, 5.41) is 14.3. The summed E-state index contributed by atoms with van der Waals surface area (Å²) in [7, 11) is 1.61. The van der Waals surface area contributed by atoms with E-state index in [-0.39, 0.29) is 11.6 Å². The fraction of sp³-hybridized carbons (Fsp3) is 0.0909. The molecule has 0 aliphatic rings. The third-order valence-corrected chi connectivity index (χ3v) is 5.59. The van der Waals surface area contributed by atoms with Crippen LogP contribution in [-0.2, 0) is 0 Å². The quantitative estimate of drug-likeness (QED) is 0.433. The molecule has 0 bridgehead atoms. The van der Waals surface area contributed by atoms with Crippen LogP contribution < -0.4 is 10.1 Å². The number of para-hydroxylation sites is 1. The summed E-state index contributed by atoms with van der Waals surface area (Å²) in [6, 6.07) is 17.0. The van der Waals surface area contributed by atoms with Crippen LogP contribution in [0.5, 0.6) is 5.75 Å². The molecule has 31 heavy (non-hydrogen) atoms. The summed E-state index contributed by atoms with van der Waals surface area (Å²) >= 11 is 1.32. The Kier molecular flexibility index (Phi) is 4.72. The van der Waals surface area contributed by atoms with Crippen LogP contribution in [0.4, 0.5) is 5.13 Å². The van der Waals surface area contributed by atoms with Crippen molar-refractivity contribution in [1.82, 2.24) is 20.0 Å². The van der Waals surface area contributed by atoms with Gasteiger partial charge in [-0.05, 0) is 43.3 Å². The molecule has 8 nitrogen and oxygen atoms in total. The monoisotopic (exact) mass is 431 g/mol. The number of aromatic nitrogens is 4. The molecule has 0 saturated carbocycles. The molecule has 5 aromatic rings. The third kappa shape index (κ3) is 3.55. The fourth-order valence-electron chi connectivity index (χ4n) is 3.22. The second-order valence-corrected chi connectivity index (χ2v) is 7.63. The maximum Gasteiger partial charge on any atom is 0.279 e. The number of nitrogens with one attached hydrogen (secondary N) is 1. The fourth-order valence-corrected chi connectivity index (χ4v) is 3.91. The standard InChI is InChI=1S/C22H17N5O3S/c1-13-20(25-26-27(13)15-7-9-16(29-2)10-8-15)21(28)24-22-23-17(12-31-22)19-11-14-5-3-4-6-18(14)30-19/h3-12H,1-2H3,(H,23,24,28). The molecule has 1 N–H and O–H groups in total. The first kappa shape index (κ1) is 19.0. The van der Waals surface area contributed by atoms with Crippen molar-refractivity contribution in [2.24, 2.45) is 0 Å². The van der Waals surface area contributed by atoms with E-state index in [1.54, 1.807) is 18.7 Å². The number of methoxy groups -OCH3 is 1. The molecule has 3 aromatic heterocycles. The molecule has 0 atom stereocenters. The van der Waals surface area contributed by atoms with Gasteiger partial charge in [-0.1, -0.05) is 23.4 Å². The average Bonchev–Trinajstić information content (AvgIpc) is 3.51. The number of carbonyl (C=O) groups excluding carboxylic acids is 1. The first-order chi connectivity index (χ1) is 15.1. The highest BCUT2D eigenvalue weighted by molar-refractivity contribution is 7.14. The topological polar surface area (TPSA) is 95.1 Å². The average molecular weight is 431 g/mol. The van der Waals surface area contributed by atoms with Gasteiger partial charge in [0.25, 0.3) is 5.91 Å². The van der Waals surface area contributed by atoms with E-state index in [9.17, 15) is 4.79 Å². The number of furan rings is 1. The molecule has 2 aromatic carbocycles. The van der Waals surface area contributed by atoms with Crippen molar-refractivity contribution < 1.29 is 13.9 Å². The number of thiazole rings is 1. The number of carbonyl (C=O) groups is 1. The lowest BCUT2D eigenvalue weighted by Crippen LogP contribution is -2.14. The lowest BCUT2D eigenvalue weighted by atomic mass is 10.2. The summed E-state index contributed by atoms with van der Waals surface area (Å²) < 4.78 is 12.6. The summed E-state index contributed by atoms with van der Waals surface area (Å²) in [6.45, 7) is 1.79. The highest BCUT2D eigenvalue weighted by atomic mass is 32.1. The molecule has 0 unspecified atom stereocenters. The van der Waals surface area contributed by atoms with E-state index in [0.29, 0.717) is 22.3 Å². The molecule has 154 valence electrons. The molecule has 5 rings (SSSR count). The van der Waals surface area contributed by atoms with E-state index in [1.165, 1.54) is 11.3 Å². The molecule has 0 spiro atoms. The summed E-state index contributed by atoms with van der Waals surface area (Å²) in [5.74, 6) is 1.02. The summed E-state index contributed by atoms with van der Waals surface area (Å²) in [4.78, 5) is 17.2. The number of amides is 1. The van der Waals surface area contributed by atoms with Crippen LogP contribution in [0, 0.1) is 6.92 Å². The minimum atomic E-state index is -0.372. The Hall–Kier alpha value is -3.98. The molecular formula is C22H17N5O3S. The third-order valence-electron chi connectivity index (χ3n) is 4.83. The predicted octanol–water partition coefficient (Wildman–Crippen LogP) is 4.71. The Morgan fingerprint density at radius 3 is 2.74 bits per heavy atom. The molecule has 9 heteroatoms. The second kappa shape index (κ2) is 7.69. The van der Waals surface area contributed by atoms with E-state index in [4.69, 9.17) is 9.15 Å². The van der Waals surface area contributed by atoms with Crippen molar-refractivity contribution in [1.29, 1.82) is 0 Å². The molecule has 0 saturated heterocycles. The normalized spacial score (nSPS) is 11.0. The maximum absolute atomic E-state index is 12.8. The highest BCUT2D eigenvalue weighted by Gasteiger charge is 2.19. The Morgan fingerprint density at radius 1 is 1.16 bits per heavy atom. The van der Waals surface area contributed by atoms with Crippen LogP contribution in [0.1, 0.15) is 16.2 Å². The molecule has 0 radical (unpaired) electrons. The van der Waals surface area contributed by atoms with Gasteiger partial charge in [0.1, 0.15) is 17.0 Å². The van der Waals surface area contributed by atoms with Gasteiger partial charge >= 0.3 is 0 Å². The van der Waals surface area contributed by atoms with Crippen LogP contribution in [-0.4, -0.2) is 33.0 Å². The van der Waals surface area contributed by atoms with Crippen LogP contribution in [0.15, 0.2) is 64.4 Å². The van der Waals surface area contributed by atoms with E-state index in [1.807, 2.05) is 60.0 Å². The Labute approximate surface area is 181 Å². The first-order valence-electron chi connectivity index (χ1n) is 9.45. The predicted molar refractivity (Wildman–Crippen MR) is 118 cm³/mol. The van der Waals surface area contributed by atoms with Gasteiger partial charge in [-0.15, -0.1) is 16.4 Å². The van der Waals surface area contributed by atoms with Crippen LogP contribution in [0.2, 0.25) is 0 Å². The van der Waals surface area contributed by atoms with Gasteiger partial charge in [0.15, 0.2) is 16.6 Å². The SMILES string of the molecule is COc1ccc(-n2nnc(C(=O)Nc3nc(-c4cc5ccccc5o4)cs3)c2C)cc1. The van der Waals surface area contributed by atoms with Crippen molar-refractivity contribution >= 4 is 33.3 Å². The van der Waals surface area contributed by atoms with Crippen molar-refractivity contribution in [2.45, 2.75) is 6.92 Å². The zero-order valence-corrected chi connectivity index (χ0v) is 17.5. The lowest BCUT2D eigenvalue weighted by Gasteiger charge is -2.05. The van der Waals surface area contributed by atoms with Crippen LogP contribution in [0.3, 0.4) is 0 Å². The van der Waals surface area contributed by atoms with Crippen LogP contribution in [0.25, 0.3) is 28.1 Å². The number of benzene rings is 2. The van der Waals surface area contributed by atoms with Crippen molar-refractivity contribution in [2.75, 3.05) is 12.4 Å². The van der Waals surface area contributed by atoms with Gasteiger partial charge < -0.3 is 9.15 Å². The van der Waals surface area contributed by atoms with Crippen molar-refractivity contribution in [3.05, 3.63) is 71.4 Å². The van der Waals surface area contributed by atoms with E-state index < -0.39 is 0 Å². The Morgan fingerprint density at radius 2 is 1.97 bits per heavy atom. The zero-order valence-electron chi connectivity index (χ0n) is 16.7. The number of nitrogens with zero attached hydrogens (tertiary/aromatic N) is 4. The molecular weight excluding hydrogens is 414 g/mol. The highest BCUT2D eigenvalue weighted by Crippen LogP contribution is 2.30. The molecule has 3 heterocycles. The van der Waals surface area contributed by atoms with Gasteiger partial charge in [0.05, 0.1) is 18.5 Å². The van der Waals surface area contributed by atoms with Gasteiger partial charge in [-0.3, -0.25) is 10.1 Å². The van der Waals surface area contributed by atoms with Gasteiger partial charge in [-0.25, -0.2) is 9.67 Å². The van der Waals surface area contributed by atoms with Crippen LogP contribution >= 0.6 is 11.3 Å². The summed E-state index contributed by atoms with van der Waals surface area (Å²) in [6.07, 6.45) is 0. The van der Waals surface area contributed by atoms with Crippen molar-refractivity contribution in [3.63, 3.8) is 0 Å². The molecule has 0 fully saturated rings. The maximum atomic E-state index is 12.8. The largest absolute Gasteiger partial charge is 0.497 e. The number of anilines is 1. The molecule has 0 aliphatic carbocycles. The van der Waals surface area contributed by atoms with Crippen molar-refractivity contribution in [3.8, 4) is 22.9 Å². The minimum absolute atomic E-state index is 0.233. The number of fused-ring (bicyclic) bond motifs is 1. The number of hydrogen-bond acceptors (Lipinski definition) is 7. The second-order valence-electron chi connectivity index (χ2n) is 6.77. The van der Waals surface area contributed by atoms with E-state index >= 15 is 0 Å². The Bertz CT molecular complexity index is 1350. The van der Waals surface area contributed by atoms with Gasteiger partial charge in [0, 0.05) is 10.8 Å². The smallest absolute Gasteiger partial charge is 0.279 e. The molecule has 0 aliphatic heterocycles. The summed E-state index contributed by atoms with van der Waals surface area (Å²) in [5.41, 5.74) is 3.09. The minimum Gasteiger partial charge on any atom is -0.497 e. The Balaban J connectivity index is 1.35. The van der Waals surface area contributed by atoms with E-state index in [2.05, 4.69) is 20.6 Å². The molecule has 1 amide bonds. The number of rotatable bonds is 5.